The molecule has 94 valence electrons. The molecule has 4 nitrogen and oxygen atoms in total. The molecule has 3 N–H and O–H groups in total. The quantitative estimate of drug-likeness (QED) is 0.811. The first-order valence-electron chi connectivity index (χ1n) is 6.23. The Morgan fingerprint density at radius 3 is 3.00 bits per heavy atom. The highest BCUT2D eigenvalue weighted by Gasteiger charge is 2.26. The van der Waals surface area contributed by atoms with Gasteiger partial charge in [0.1, 0.15) is 5.82 Å². The number of anilines is 1. The van der Waals surface area contributed by atoms with Gasteiger partial charge in [-0.15, -0.1) is 0 Å². The molecule has 0 aromatic carbocycles. The van der Waals surface area contributed by atoms with Crippen molar-refractivity contribution in [1.29, 1.82) is 0 Å². The minimum Gasteiger partial charge on any atom is -0.393 e. The van der Waals surface area contributed by atoms with Gasteiger partial charge in [0, 0.05) is 30.9 Å². The van der Waals surface area contributed by atoms with E-state index >= 15 is 0 Å². The molecule has 2 rings (SSSR count). The van der Waals surface area contributed by atoms with Crippen LogP contribution in [0, 0.1) is 5.92 Å². The summed E-state index contributed by atoms with van der Waals surface area (Å²) in [5, 5.41) is 9.75. The zero-order chi connectivity index (χ0) is 12.4. The van der Waals surface area contributed by atoms with Gasteiger partial charge in [-0.2, -0.15) is 0 Å². The topological polar surface area (TPSA) is 62.4 Å². The summed E-state index contributed by atoms with van der Waals surface area (Å²) in [7, 11) is 0. The van der Waals surface area contributed by atoms with Gasteiger partial charge in [-0.1, -0.05) is 13.0 Å². The number of rotatable bonds is 2. The van der Waals surface area contributed by atoms with E-state index in [9.17, 15) is 5.11 Å². The number of nitrogens with two attached hydrogens (primary N) is 1. The molecule has 0 bridgehead atoms. The summed E-state index contributed by atoms with van der Waals surface area (Å²) >= 11 is 0. The average molecular weight is 235 g/mol. The summed E-state index contributed by atoms with van der Waals surface area (Å²) in [5.41, 5.74) is 7.05. The van der Waals surface area contributed by atoms with Crippen LogP contribution in [0.1, 0.15) is 31.9 Å². The van der Waals surface area contributed by atoms with Crippen molar-refractivity contribution >= 4 is 5.82 Å². The summed E-state index contributed by atoms with van der Waals surface area (Å²) < 4.78 is 0. The van der Waals surface area contributed by atoms with Crippen molar-refractivity contribution in [3.8, 4) is 0 Å². The van der Waals surface area contributed by atoms with Crippen LogP contribution in [-0.4, -0.2) is 29.3 Å². The zero-order valence-corrected chi connectivity index (χ0v) is 10.5. The van der Waals surface area contributed by atoms with Crippen molar-refractivity contribution in [1.82, 2.24) is 4.98 Å². The number of hydrogen-bond acceptors (Lipinski definition) is 4. The second-order valence-electron chi connectivity index (χ2n) is 4.98. The maximum absolute atomic E-state index is 9.75. The standard InChI is InChI=1S/C13H21N3O/c1-9-8-16(7-5-12(9)17)13-11(10(2)14)4-3-6-15-13/h3-4,6,9-10,12,17H,5,7-8,14H2,1-2H3/t9?,10-,12?/m1/s1. The fraction of sp³-hybridized carbons (Fsp3) is 0.615. The van der Waals surface area contributed by atoms with Crippen LogP contribution in [0.3, 0.4) is 0 Å². The fourth-order valence-electron chi connectivity index (χ4n) is 2.35. The van der Waals surface area contributed by atoms with Gasteiger partial charge in [-0.05, 0) is 25.3 Å². The van der Waals surface area contributed by atoms with Crippen LogP contribution in [0.4, 0.5) is 5.82 Å². The Labute approximate surface area is 102 Å². The van der Waals surface area contributed by atoms with Gasteiger partial charge >= 0.3 is 0 Å². The van der Waals surface area contributed by atoms with E-state index in [2.05, 4.69) is 16.8 Å². The fourth-order valence-corrected chi connectivity index (χ4v) is 2.35. The van der Waals surface area contributed by atoms with Gasteiger partial charge in [0.25, 0.3) is 0 Å². The molecule has 17 heavy (non-hydrogen) atoms. The van der Waals surface area contributed by atoms with E-state index in [1.165, 1.54) is 0 Å². The second-order valence-corrected chi connectivity index (χ2v) is 4.98. The summed E-state index contributed by atoms with van der Waals surface area (Å²) in [6, 6.07) is 3.94. The summed E-state index contributed by atoms with van der Waals surface area (Å²) in [4.78, 5) is 6.68. The molecule has 0 radical (unpaired) electrons. The number of aliphatic hydroxyl groups is 1. The van der Waals surface area contributed by atoms with Crippen molar-refractivity contribution in [3.05, 3.63) is 23.9 Å². The number of hydrogen-bond donors (Lipinski definition) is 2. The molecule has 0 amide bonds. The predicted octanol–water partition coefficient (Wildman–Crippen LogP) is 1.31. The maximum Gasteiger partial charge on any atom is 0.133 e. The van der Waals surface area contributed by atoms with Crippen LogP contribution >= 0.6 is 0 Å². The maximum atomic E-state index is 9.75. The number of aliphatic hydroxyl groups excluding tert-OH is 1. The first-order valence-corrected chi connectivity index (χ1v) is 6.23. The first kappa shape index (κ1) is 12.3. The molecule has 1 aromatic rings. The Morgan fingerprint density at radius 2 is 2.35 bits per heavy atom. The van der Waals surface area contributed by atoms with Crippen LogP contribution in [-0.2, 0) is 0 Å². The SMILES string of the molecule is CC1CN(c2ncccc2[C@@H](C)N)CCC1O. The summed E-state index contributed by atoms with van der Waals surface area (Å²) in [6.07, 6.45) is 2.42. The predicted molar refractivity (Wildman–Crippen MR) is 68.8 cm³/mol. The second kappa shape index (κ2) is 5.02. The lowest BCUT2D eigenvalue weighted by atomic mass is 9.96. The zero-order valence-electron chi connectivity index (χ0n) is 10.5. The van der Waals surface area contributed by atoms with E-state index < -0.39 is 0 Å². The molecule has 2 heterocycles. The Bertz CT molecular complexity index is 381. The molecule has 1 aliphatic rings. The Morgan fingerprint density at radius 1 is 1.59 bits per heavy atom. The largest absolute Gasteiger partial charge is 0.393 e. The highest BCUT2D eigenvalue weighted by Crippen LogP contribution is 2.27. The van der Waals surface area contributed by atoms with Crippen LogP contribution in [0.25, 0.3) is 0 Å². The minimum absolute atomic E-state index is 0.0131. The van der Waals surface area contributed by atoms with E-state index in [1.807, 2.05) is 19.1 Å². The number of piperidine rings is 1. The molecular weight excluding hydrogens is 214 g/mol. The van der Waals surface area contributed by atoms with E-state index in [1.54, 1.807) is 6.20 Å². The van der Waals surface area contributed by atoms with Crippen molar-refractivity contribution in [2.24, 2.45) is 11.7 Å². The van der Waals surface area contributed by atoms with E-state index in [-0.39, 0.29) is 18.1 Å². The van der Waals surface area contributed by atoms with Crippen molar-refractivity contribution in [2.45, 2.75) is 32.4 Å². The summed E-state index contributed by atoms with van der Waals surface area (Å²) in [5.74, 6) is 1.26. The van der Waals surface area contributed by atoms with Crippen molar-refractivity contribution < 1.29 is 5.11 Å². The molecule has 4 heteroatoms. The minimum atomic E-state index is -0.186. The molecule has 1 aromatic heterocycles. The molecule has 1 saturated heterocycles. The normalized spacial score (nSPS) is 26.9. The molecule has 1 fully saturated rings. The van der Waals surface area contributed by atoms with Gasteiger partial charge in [0.05, 0.1) is 6.10 Å². The van der Waals surface area contributed by atoms with Gasteiger partial charge in [-0.3, -0.25) is 0 Å². The smallest absolute Gasteiger partial charge is 0.133 e. The van der Waals surface area contributed by atoms with Crippen LogP contribution in [0.5, 0.6) is 0 Å². The average Bonchev–Trinajstić information content (AvgIpc) is 2.32. The number of pyridine rings is 1. The molecular formula is C13H21N3O. The molecule has 0 spiro atoms. The number of aromatic nitrogens is 1. The Kier molecular flexibility index (Phi) is 3.64. The molecule has 0 aliphatic carbocycles. The summed E-state index contributed by atoms with van der Waals surface area (Å²) in [6.45, 7) is 5.74. The highest BCUT2D eigenvalue weighted by molar-refractivity contribution is 5.48. The third-order valence-electron chi connectivity index (χ3n) is 3.47. The lowest BCUT2D eigenvalue weighted by Crippen LogP contribution is -2.42. The third-order valence-corrected chi connectivity index (χ3v) is 3.47. The van der Waals surface area contributed by atoms with Gasteiger partial charge in [0.2, 0.25) is 0 Å². The number of nitrogens with zero attached hydrogens (tertiary/aromatic N) is 2. The van der Waals surface area contributed by atoms with Crippen molar-refractivity contribution in [2.75, 3.05) is 18.0 Å². The van der Waals surface area contributed by atoms with Crippen molar-refractivity contribution in [3.63, 3.8) is 0 Å². The molecule has 0 saturated carbocycles. The van der Waals surface area contributed by atoms with Gasteiger partial charge < -0.3 is 15.7 Å². The molecule has 1 aliphatic heterocycles. The van der Waals surface area contributed by atoms with Gasteiger partial charge in [-0.25, -0.2) is 4.98 Å². The van der Waals surface area contributed by atoms with Crippen LogP contribution in [0.2, 0.25) is 0 Å². The van der Waals surface area contributed by atoms with Crippen LogP contribution < -0.4 is 10.6 Å². The lowest BCUT2D eigenvalue weighted by molar-refractivity contribution is 0.0968. The lowest BCUT2D eigenvalue weighted by Gasteiger charge is -2.36. The first-order chi connectivity index (χ1) is 8.09. The molecule has 2 unspecified atom stereocenters. The Hall–Kier alpha value is -1.13. The van der Waals surface area contributed by atoms with E-state index in [0.29, 0.717) is 0 Å². The van der Waals surface area contributed by atoms with E-state index in [4.69, 9.17) is 5.73 Å². The Balaban J connectivity index is 2.22. The third kappa shape index (κ3) is 2.58. The van der Waals surface area contributed by atoms with E-state index in [0.717, 1.165) is 30.9 Å². The monoisotopic (exact) mass is 235 g/mol. The van der Waals surface area contributed by atoms with Gasteiger partial charge in [0.15, 0.2) is 0 Å². The van der Waals surface area contributed by atoms with Crippen LogP contribution in [0.15, 0.2) is 18.3 Å². The molecule has 3 atom stereocenters. The highest BCUT2D eigenvalue weighted by atomic mass is 16.3.